The molecule has 0 amide bonds. The van der Waals surface area contributed by atoms with Gasteiger partial charge in [0.1, 0.15) is 18.5 Å². The first-order valence-electron chi connectivity index (χ1n) is 14.1. The van der Waals surface area contributed by atoms with E-state index in [-0.39, 0.29) is 18.8 Å². The van der Waals surface area contributed by atoms with Gasteiger partial charge in [0.05, 0.1) is 29.6 Å². The lowest BCUT2D eigenvalue weighted by molar-refractivity contribution is -0.0709. The molecular weight excluding hydrogens is 520 g/mol. The van der Waals surface area contributed by atoms with Crippen molar-refractivity contribution in [3.8, 4) is 11.9 Å². The van der Waals surface area contributed by atoms with Gasteiger partial charge in [-0.1, -0.05) is 12.1 Å². The molecule has 212 valence electrons. The zero-order chi connectivity index (χ0) is 28.3. The van der Waals surface area contributed by atoms with Crippen LogP contribution < -0.4 is 9.64 Å². The van der Waals surface area contributed by atoms with Crippen LogP contribution in [0.1, 0.15) is 58.5 Å². The Bertz CT molecular complexity index is 1440. The summed E-state index contributed by atoms with van der Waals surface area (Å²) < 4.78 is 11.7. The summed E-state index contributed by atoms with van der Waals surface area (Å²) in [6.45, 7) is 7.55. The fourth-order valence-electron chi connectivity index (χ4n) is 5.88. The van der Waals surface area contributed by atoms with Gasteiger partial charge in [-0.3, -0.25) is 14.8 Å². The number of rotatable bonds is 9. The number of ether oxygens (including phenoxy) is 2. The molecule has 3 aliphatic rings. The molecule has 0 bridgehead atoms. The van der Waals surface area contributed by atoms with Gasteiger partial charge in [-0.2, -0.15) is 10.2 Å². The fraction of sp³-hybridized carbons (Fsp3) is 0.419. The lowest BCUT2D eigenvalue weighted by Crippen LogP contribution is -2.55. The topological polar surface area (TPSA) is 115 Å². The minimum Gasteiger partial charge on any atom is -0.478 e. The average Bonchev–Trinajstić information content (AvgIpc) is 3.31. The van der Waals surface area contributed by atoms with Crippen molar-refractivity contribution in [2.24, 2.45) is 0 Å². The maximum absolute atomic E-state index is 11.7. The van der Waals surface area contributed by atoms with Gasteiger partial charge in [-0.15, -0.1) is 0 Å². The van der Waals surface area contributed by atoms with Crippen LogP contribution in [0.4, 0.5) is 5.82 Å². The minimum absolute atomic E-state index is 0.154. The highest BCUT2D eigenvalue weighted by atomic mass is 16.5. The molecule has 3 atom stereocenters. The van der Waals surface area contributed by atoms with E-state index in [1.54, 1.807) is 24.4 Å². The molecule has 3 aliphatic heterocycles. The number of aromatic carboxylic acids is 1. The Morgan fingerprint density at radius 3 is 2.78 bits per heavy atom. The van der Waals surface area contributed by atoms with E-state index < -0.39 is 5.97 Å². The van der Waals surface area contributed by atoms with Crippen LogP contribution in [-0.2, 0) is 17.9 Å². The number of hydrogen-bond donors (Lipinski definition) is 1. The summed E-state index contributed by atoms with van der Waals surface area (Å²) in [6, 6.07) is 17.4. The van der Waals surface area contributed by atoms with Gasteiger partial charge in [0.25, 0.3) is 0 Å². The number of fused-ring (bicyclic) bond motifs is 1. The van der Waals surface area contributed by atoms with Crippen LogP contribution in [-0.4, -0.2) is 75.9 Å². The van der Waals surface area contributed by atoms with Gasteiger partial charge in [0.15, 0.2) is 0 Å². The normalized spacial score (nSPS) is 22.5. The summed E-state index contributed by atoms with van der Waals surface area (Å²) in [7, 11) is 0. The van der Waals surface area contributed by atoms with Crippen LogP contribution in [0.15, 0.2) is 54.7 Å². The molecule has 2 saturated heterocycles. The SMILES string of the molecule is C[C@H]1CN(c2cccc(OCc3ccc(C#N)cn3)n2)CCN1CN1Cc2ccc(C(=O)O)cc2C1C[C@H]1CCO1. The van der Waals surface area contributed by atoms with E-state index >= 15 is 0 Å². The van der Waals surface area contributed by atoms with E-state index in [0.29, 0.717) is 23.0 Å². The summed E-state index contributed by atoms with van der Waals surface area (Å²) >= 11 is 0. The second kappa shape index (κ2) is 11.8. The number of piperazine rings is 1. The number of nitriles is 1. The second-order valence-corrected chi connectivity index (χ2v) is 11.0. The molecule has 41 heavy (non-hydrogen) atoms. The molecule has 1 unspecified atom stereocenters. The summed E-state index contributed by atoms with van der Waals surface area (Å²) in [5, 5.41) is 18.5. The van der Waals surface area contributed by atoms with Gasteiger partial charge in [-0.25, -0.2) is 4.79 Å². The Morgan fingerprint density at radius 2 is 2.07 bits per heavy atom. The lowest BCUT2D eigenvalue weighted by Gasteiger charge is -2.43. The van der Waals surface area contributed by atoms with E-state index in [2.05, 4.69) is 32.7 Å². The highest BCUT2D eigenvalue weighted by molar-refractivity contribution is 5.88. The number of pyridine rings is 2. The third kappa shape index (κ3) is 6.03. The number of hydrogen-bond acceptors (Lipinski definition) is 9. The number of benzene rings is 1. The van der Waals surface area contributed by atoms with Gasteiger partial charge in [0, 0.05) is 57.1 Å². The molecule has 1 aromatic carbocycles. The molecular formula is C31H34N6O4. The number of carbonyl (C=O) groups is 1. The van der Waals surface area contributed by atoms with Gasteiger partial charge in [-0.05, 0) is 61.2 Å². The molecule has 6 rings (SSSR count). The van der Waals surface area contributed by atoms with Gasteiger partial charge >= 0.3 is 5.97 Å². The van der Waals surface area contributed by atoms with Crippen LogP contribution in [0.3, 0.4) is 0 Å². The monoisotopic (exact) mass is 554 g/mol. The van der Waals surface area contributed by atoms with Crippen LogP contribution >= 0.6 is 0 Å². The average molecular weight is 555 g/mol. The molecule has 10 heteroatoms. The van der Waals surface area contributed by atoms with Crippen molar-refractivity contribution in [3.05, 3.63) is 82.7 Å². The smallest absolute Gasteiger partial charge is 0.335 e. The first-order valence-corrected chi connectivity index (χ1v) is 14.1. The maximum Gasteiger partial charge on any atom is 0.335 e. The molecule has 2 aromatic heterocycles. The number of nitrogens with zero attached hydrogens (tertiary/aromatic N) is 6. The molecule has 0 radical (unpaired) electrons. The second-order valence-electron chi connectivity index (χ2n) is 11.0. The van der Waals surface area contributed by atoms with E-state index in [4.69, 9.17) is 19.7 Å². The number of carboxylic acid groups (broad SMARTS) is 1. The molecule has 2 fully saturated rings. The summed E-state index contributed by atoms with van der Waals surface area (Å²) in [5.41, 5.74) is 3.95. The van der Waals surface area contributed by atoms with Crippen LogP contribution in [0, 0.1) is 11.3 Å². The Hall–Kier alpha value is -4.04. The first kappa shape index (κ1) is 27.1. The Labute approximate surface area is 239 Å². The van der Waals surface area contributed by atoms with E-state index in [9.17, 15) is 9.90 Å². The Kier molecular flexibility index (Phi) is 7.83. The van der Waals surface area contributed by atoms with E-state index in [1.165, 1.54) is 5.56 Å². The van der Waals surface area contributed by atoms with Gasteiger partial charge < -0.3 is 19.5 Å². The highest BCUT2D eigenvalue weighted by Crippen LogP contribution is 2.40. The number of anilines is 1. The molecule has 0 spiro atoms. The van der Waals surface area contributed by atoms with Crippen molar-refractivity contribution in [2.75, 3.05) is 37.8 Å². The third-order valence-electron chi connectivity index (χ3n) is 8.33. The molecule has 5 heterocycles. The molecule has 0 aliphatic carbocycles. The first-order chi connectivity index (χ1) is 20.0. The summed E-state index contributed by atoms with van der Waals surface area (Å²) in [4.78, 5) is 28.0. The number of carboxylic acids is 1. The summed E-state index contributed by atoms with van der Waals surface area (Å²) in [5.74, 6) is 0.542. The molecule has 0 saturated carbocycles. The lowest BCUT2D eigenvalue weighted by atomic mass is 9.95. The standard InChI is InChI=1S/C31H34N6O4/c1-21-17-35(29-3-2-4-30(34-29)41-19-25-8-5-22(15-32)16-33-25)10-11-36(21)20-37-18-24-7-6-23(31(38)39)13-27(24)28(37)14-26-9-12-40-26/h2-8,13,16,21,26,28H,9-12,14,17-20H2,1H3,(H,38,39)/t21-,26+,28?/m0/s1. The molecule has 10 nitrogen and oxygen atoms in total. The summed E-state index contributed by atoms with van der Waals surface area (Å²) in [6.07, 6.45) is 3.73. The van der Waals surface area contributed by atoms with E-state index in [1.807, 2.05) is 30.3 Å². The van der Waals surface area contributed by atoms with Crippen molar-refractivity contribution < 1.29 is 19.4 Å². The number of aromatic nitrogens is 2. The fourth-order valence-corrected chi connectivity index (χ4v) is 5.88. The van der Waals surface area contributed by atoms with Crippen molar-refractivity contribution >= 4 is 11.8 Å². The van der Waals surface area contributed by atoms with Crippen molar-refractivity contribution in [3.63, 3.8) is 0 Å². The predicted molar refractivity (Wildman–Crippen MR) is 151 cm³/mol. The molecule has 1 N–H and O–H groups in total. The van der Waals surface area contributed by atoms with Crippen molar-refractivity contribution in [1.82, 2.24) is 19.8 Å². The third-order valence-corrected chi connectivity index (χ3v) is 8.33. The largest absolute Gasteiger partial charge is 0.478 e. The molecule has 3 aromatic rings. The maximum atomic E-state index is 11.7. The van der Waals surface area contributed by atoms with Crippen molar-refractivity contribution in [1.29, 1.82) is 5.26 Å². The van der Waals surface area contributed by atoms with Gasteiger partial charge in [0.2, 0.25) is 5.88 Å². The van der Waals surface area contributed by atoms with Crippen molar-refractivity contribution in [2.45, 2.75) is 51.1 Å². The zero-order valence-corrected chi connectivity index (χ0v) is 23.1. The Morgan fingerprint density at radius 1 is 1.20 bits per heavy atom. The van der Waals surface area contributed by atoms with E-state index in [0.717, 1.165) is 69.4 Å². The zero-order valence-electron chi connectivity index (χ0n) is 23.1. The van der Waals surface area contributed by atoms with Crippen LogP contribution in [0.5, 0.6) is 5.88 Å². The minimum atomic E-state index is -0.886. The quantitative estimate of drug-likeness (QED) is 0.418. The van der Waals surface area contributed by atoms with Crippen LogP contribution in [0.2, 0.25) is 0 Å². The Balaban J connectivity index is 1.08. The highest BCUT2D eigenvalue weighted by Gasteiger charge is 2.37. The predicted octanol–water partition coefficient (Wildman–Crippen LogP) is 3.83. The van der Waals surface area contributed by atoms with Crippen LogP contribution in [0.25, 0.3) is 0 Å².